The van der Waals surface area contributed by atoms with Crippen molar-refractivity contribution < 1.29 is 4.79 Å². The molecule has 0 unspecified atom stereocenters. The minimum atomic E-state index is -0.122. The number of amides is 1. The predicted octanol–water partition coefficient (Wildman–Crippen LogP) is 4.31. The molecule has 0 atom stereocenters. The number of benzene rings is 1. The van der Waals surface area contributed by atoms with E-state index in [0.717, 1.165) is 5.56 Å². The molecule has 20 heavy (non-hydrogen) atoms. The Labute approximate surface area is 123 Å². The maximum Gasteiger partial charge on any atom is 0.257 e. The van der Waals surface area contributed by atoms with E-state index in [1.165, 1.54) is 16.2 Å². The molecule has 0 saturated heterocycles. The van der Waals surface area contributed by atoms with E-state index in [0.29, 0.717) is 16.6 Å². The second kappa shape index (κ2) is 6.48. The molecule has 0 spiro atoms. The second-order valence-corrected chi connectivity index (χ2v) is 5.81. The summed E-state index contributed by atoms with van der Waals surface area (Å²) in [4.78, 5) is 17.7. The van der Waals surface area contributed by atoms with Crippen LogP contribution in [0.3, 0.4) is 0 Å². The third-order valence-electron chi connectivity index (χ3n) is 2.93. The molecule has 4 heteroatoms. The SMILES string of the molecule is CC=C(C(=O)Nc1ncc(C(C)C)s1)c1ccccc1. The summed E-state index contributed by atoms with van der Waals surface area (Å²) in [6.07, 6.45) is 3.64. The number of allylic oxidation sites excluding steroid dienone is 1. The Balaban J connectivity index is 2.14. The summed E-state index contributed by atoms with van der Waals surface area (Å²) in [5.74, 6) is 0.303. The molecule has 0 saturated carbocycles. The van der Waals surface area contributed by atoms with Crippen molar-refractivity contribution in [3.05, 3.63) is 53.0 Å². The lowest BCUT2D eigenvalue weighted by Gasteiger charge is -2.06. The highest BCUT2D eigenvalue weighted by Gasteiger charge is 2.13. The van der Waals surface area contributed by atoms with Gasteiger partial charge in [-0.2, -0.15) is 0 Å². The fraction of sp³-hybridized carbons (Fsp3) is 0.250. The number of aromatic nitrogens is 1. The van der Waals surface area contributed by atoms with Crippen LogP contribution >= 0.6 is 11.3 Å². The van der Waals surface area contributed by atoms with Crippen LogP contribution in [0.15, 0.2) is 42.6 Å². The van der Waals surface area contributed by atoms with Gasteiger partial charge >= 0.3 is 0 Å². The highest BCUT2D eigenvalue weighted by atomic mass is 32.1. The average Bonchev–Trinajstić information content (AvgIpc) is 2.89. The third-order valence-corrected chi connectivity index (χ3v) is 4.14. The van der Waals surface area contributed by atoms with Crippen LogP contribution in [0.4, 0.5) is 5.13 Å². The largest absolute Gasteiger partial charge is 0.298 e. The van der Waals surface area contributed by atoms with Gasteiger partial charge in [-0.15, -0.1) is 11.3 Å². The van der Waals surface area contributed by atoms with Crippen LogP contribution in [0.25, 0.3) is 5.57 Å². The monoisotopic (exact) mass is 286 g/mol. The maximum atomic E-state index is 12.3. The van der Waals surface area contributed by atoms with Crippen LogP contribution in [-0.2, 0) is 4.79 Å². The number of thiazole rings is 1. The molecule has 1 N–H and O–H groups in total. The predicted molar refractivity (Wildman–Crippen MR) is 84.9 cm³/mol. The van der Waals surface area contributed by atoms with E-state index in [4.69, 9.17) is 0 Å². The topological polar surface area (TPSA) is 42.0 Å². The summed E-state index contributed by atoms with van der Waals surface area (Å²) in [7, 11) is 0. The van der Waals surface area contributed by atoms with Gasteiger partial charge in [0.2, 0.25) is 0 Å². The van der Waals surface area contributed by atoms with Crippen molar-refractivity contribution in [3.8, 4) is 0 Å². The second-order valence-electron chi connectivity index (χ2n) is 4.74. The molecule has 1 heterocycles. The highest BCUT2D eigenvalue weighted by Crippen LogP contribution is 2.26. The Morgan fingerprint density at radius 2 is 2.00 bits per heavy atom. The van der Waals surface area contributed by atoms with E-state index >= 15 is 0 Å². The van der Waals surface area contributed by atoms with Crippen LogP contribution in [-0.4, -0.2) is 10.9 Å². The van der Waals surface area contributed by atoms with E-state index in [2.05, 4.69) is 24.1 Å². The zero-order valence-corrected chi connectivity index (χ0v) is 12.7. The molecule has 0 fully saturated rings. The fourth-order valence-electron chi connectivity index (χ4n) is 1.82. The molecule has 1 aromatic heterocycles. The lowest BCUT2D eigenvalue weighted by molar-refractivity contribution is -0.111. The normalized spacial score (nSPS) is 11.7. The quantitative estimate of drug-likeness (QED) is 0.851. The first-order valence-electron chi connectivity index (χ1n) is 6.60. The summed E-state index contributed by atoms with van der Waals surface area (Å²) >= 11 is 1.52. The lowest BCUT2D eigenvalue weighted by Crippen LogP contribution is -2.13. The van der Waals surface area contributed by atoms with Crippen molar-refractivity contribution >= 4 is 27.9 Å². The third kappa shape index (κ3) is 3.33. The van der Waals surface area contributed by atoms with Crippen molar-refractivity contribution in [2.45, 2.75) is 26.7 Å². The summed E-state index contributed by atoms with van der Waals surface area (Å²) in [6.45, 7) is 6.09. The van der Waals surface area contributed by atoms with E-state index < -0.39 is 0 Å². The molecule has 2 aromatic rings. The van der Waals surface area contributed by atoms with Gasteiger partial charge in [0.25, 0.3) is 5.91 Å². The van der Waals surface area contributed by atoms with E-state index in [1.807, 2.05) is 49.5 Å². The summed E-state index contributed by atoms with van der Waals surface area (Å²) in [5, 5.41) is 3.51. The van der Waals surface area contributed by atoms with Crippen molar-refractivity contribution in [2.24, 2.45) is 0 Å². The van der Waals surface area contributed by atoms with E-state index in [-0.39, 0.29) is 5.91 Å². The standard InChI is InChI=1S/C16H18N2OS/c1-4-13(12-8-6-5-7-9-12)15(19)18-16-17-10-14(20-16)11(2)3/h4-11H,1-3H3,(H,17,18,19). The fourth-order valence-corrected chi connectivity index (χ4v) is 2.64. The van der Waals surface area contributed by atoms with E-state index in [1.54, 1.807) is 0 Å². The molecule has 0 bridgehead atoms. The Kier molecular flexibility index (Phi) is 4.69. The maximum absolute atomic E-state index is 12.3. The average molecular weight is 286 g/mol. The first kappa shape index (κ1) is 14.5. The molecular weight excluding hydrogens is 268 g/mol. The van der Waals surface area contributed by atoms with Gasteiger partial charge in [0, 0.05) is 16.6 Å². The number of carbonyl (C=O) groups is 1. The number of rotatable bonds is 4. The minimum Gasteiger partial charge on any atom is -0.298 e. The van der Waals surface area contributed by atoms with Gasteiger partial charge in [0.1, 0.15) is 0 Å². The Morgan fingerprint density at radius 3 is 2.55 bits per heavy atom. The first-order chi connectivity index (χ1) is 9.61. The van der Waals surface area contributed by atoms with Crippen molar-refractivity contribution in [1.82, 2.24) is 4.98 Å². The smallest absolute Gasteiger partial charge is 0.257 e. The van der Waals surface area contributed by atoms with Gasteiger partial charge < -0.3 is 0 Å². The molecular formula is C16H18N2OS. The molecule has 104 valence electrons. The minimum absolute atomic E-state index is 0.122. The summed E-state index contributed by atoms with van der Waals surface area (Å²) in [6, 6.07) is 9.63. The molecule has 2 rings (SSSR count). The van der Waals surface area contributed by atoms with Crippen molar-refractivity contribution in [2.75, 3.05) is 5.32 Å². The van der Waals surface area contributed by atoms with Crippen molar-refractivity contribution in [1.29, 1.82) is 0 Å². The van der Waals surface area contributed by atoms with Crippen LogP contribution < -0.4 is 5.32 Å². The zero-order chi connectivity index (χ0) is 14.5. The van der Waals surface area contributed by atoms with Crippen molar-refractivity contribution in [3.63, 3.8) is 0 Å². The number of nitrogens with zero attached hydrogens (tertiary/aromatic N) is 1. The molecule has 1 aromatic carbocycles. The Morgan fingerprint density at radius 1 is 1.30 bits per heavy atom. The lowest BCUT2D eigenvalue weighted by atomic mass is 10.1. The molecule has 0 aliphatic heterocycles. The van der Waals surface area contributed by atoms with Gasteiger partial charge in [0.15, 0.2) is 5.13 Å². The molecule has 0 aliphatic carbocycles. The number of carbonyl (C=O) groups excluding carboxylic acids is 1. The van der Waals surface area contributed by atoms with Gasteiger partial charge in [0.05, 0.1) is 0 Å². The van der Waals surface area contributed by atoms with E-state index in [9.17, 15) is 4.79 Å². The van der Waals surface area contributed by atoms with Gasteiger partial charge in [-0.05, 0) is 18.4 Å². The van der Waals surface area contributed by atoms with Crippen LogP contribution in [0.5, 0.6) is 0 Å². The Bertz CT molecular complexity index is 614. The zero-order valence-electron chi connectivity index (χ0n) is 11.9. The number of anilines is 1. The van der Waals surface area contributed by atoms with Gasteiger partial charge in [-0.1, -0.05) is 50.3 Å². The van der Waals surface area contributed by atoms with Crippen LogP contribution in [0, 0.1) is 0 Å². The highest BCUT2D eigenvalue weighted by molar-refractivity contribution is 7.15. The Hall–Kier alpha value is -1.94. The summed E-state index contributed by atoms with van der Waals surface area (Å²) < 4.78 is 0. The molecule has 0 aliphatic rings. The number of nitrogens with one attached hydrogen (secondary N) is 1. The molecule has 3 nitrogen and oxygen atoms in total. The number of hydrogen-bond donors (Lipinski definition) is 1. The van der Waals surface area contributed by atoms with Gasteiger partial charge in [-0.3, -0.25) is 10.1 Å². The molecule has 0 radical (unpaired) electrons. The van der Waals surface area contributed by atoms with Gasteiger partial charge in [-0.25, -0.2) is 4.98 Å². The molecule has 1 amide bonds. The van der Waals surface area contributed by atoms with Crippen LogP contribution in [0.2, 0.25) is 0 Å². The van der Waals surface area contributed by atoms with Crippen LogP contribution in [0.1, 0.15) is 37.1 Å². The first-order valence-corrected chi connectivity index (χ1v) is 7.42. The number of hydrogen-bond acceptors (Lipinski definition) is 3. The summed E-state index contributed by atoms with van der Waals surface area (Å²) in [5.41, 5.74) is 1.57.